The van der Waals surface area contributed by atoms with E-state index in [4.69, 9.17) is 11.6 Å². The molecule has 0 aliphatic carbocycles. The van der Waals surface area contributed by atoms with Gasteiger partial charge in [0.05, 0.1) is 15.6 Å². The van der Waals surface area contributed by atoms with Crippen LogP contribution in [0.1, 0.15) is 36.2 Å². The third-order valence-electron chi connectivity index (χ3n) is 3.81. The lowest BCUT2D eigenvalue weighted by Crippen LogP contribution is -2.25. The summed E-state index contributed by atoms with van der Waals surface area (Å²) in [5, 5.41) is 2.98. The highest BCUT2D eigenvalue weighted by atomic mass is 35.5. The molecule has 0 aliphatic rings. The molecule has 0 aliphatic heterocycles. The minimum atomic E-state index is -3.74. The summed E-state index contributed by atoms with van der Waals surface area (Å²) in [6.45, 7) is 6.62. The molecule has 0 spiro atoms. The first-order valence-corrected chi connectivity index (χ1v) is 10.2. The van der Waals surface area contributed by atoms with E-state index in [-0.39, 0.29) is 21.5 Å². The number of amides is 1. The molecule has 0 heterocycles. The summed E-state index contributed by atoms with van der Waals surface area (Å²) >= 11 is 6.17. The van der Waals surface area contributed by atoms with E-state index in [0.717, 1.165) is 12.0 Å². The van der Waals surface area contributed by atoms with Gasteiger partial charge in [0, 0.05) is 12.1 Å². The van der Waals surface area contributed by atoms with Gasteiger partial charge in [-0.25, -0.2) is 8.42 Å². The molecule has 2 aromatic rings. The normalized spacial score (nSPS) is 11.4. The van der Waals surface area contributed by atoms with Crippen molar-refractivity contribution in [1.29, 1.82) is 0 Å². The van der Waals surface area contributed by atoms with E-state index in [1.807, 2.05) is 6.92 Å². The summed E-state index contributed by atoms with van der Waals surface area (Å²) in [5.74, 6) is 0.262. The lowest BCUT2D eigenvalue weighted by molar-refractivity contribution is 0.0952. The van der Waals surface area contributed by atoms with Crippen LogP contribution >= 0.6 is 11.6 Å². The van der Waals surface area contributed by atoms with Gasteiger partial charge in [-0.15, -0.1) is 0 Å². The quantitative estimate of drug-likeness (QED) is 0.738. The molecule has 0 aromatic heterocycles. The fraction of sp³-hybridized carbons (Fsp3) is 0.316. The molecule has 0 unspecified atom stereocenters. The van der Waals surface area contributed by atoms with Crippen molar-refractivity contribution in [1.82, 2.24) is 5.32 Å². The number of rotatable bonds is 7. The third-order valence-corrected chi connectivity index (χ3v) is 5.51. The maximum absolute atomic E-state index is 12.4. The van der Waals surface area contributed by atoms with Crippen LogP contribution in [-0.2, 0) is 10.0 Å². The zero-order valence-electron chi connectivity index (χ0n) is 15.0. The molecule has 1 amide bonds. The van der Waals surface area contributed by atoms with E-state index in [2.05, 4.69) is 23.9 Å². The number of hydrogen-bond acceptors (Lipinski definition) is 3. The van der Waals surface area contributed by atoms with E-state index in [1.54, 1.807) is 18.2 Å². The van der Waals surface area contributed by atoms with Crippen LogP contribution in [-0.4, -0.2) is 20.9 Å². The van der Waals surface area contributed by atoms with Crippen LogP contribution in [0.4, 0.5) is 5.69 Å². The predicted octanol–water partition coefficient (Wildman–Crippen LogP) is 4.23. The van der Waals surface area contributed by atoms with Crippen molar-refractivity contribution in [3.05, 3.63) is 58.6 Å². The number of carbonyl (C=O) groups excluding carboxylic acids is 1. The van der Waals surface area contributed by atoms with Gasteiger partial charge >= 0.3 is 0 Å². The molecule has 7 heteroatoms. The van der Waals surface area contributed by atoms with E-state index in [0.29, 0.717) is 18.0 Å². The monoisotopic (exact) mass is 394 g/mol. The SMILES string of the molecule is Cc1ccc(S(=O)(=O)Nc2ccc(C(=O)NCCC(C)C)cc2Cl)cc1. The number of nitrogens with one attached hydrogen (secondary N) is 2. The van der Waals surface area contributed by atoms with Crippen molar-refractivity contribution in [3.63, 3.8) is 0 Å². The van der Waals surface area contributed by atoms with Crippen molar-refractivity contribution in [2.45, 2.75) is 32.1 Å². The van der Waals surface area contributed by atoms with Crippen molar-refractivity contribution < 1.29 is 13.2 Å². The minimum absolute atomic E-state index is 0.148. The third kappa shape index (κ3) is 5.47. The summed E-state index contributed by atoms with van der Waals surface area (Å²) in [6.07, 6.45) is 0.883. The second-order valence-corrected chi connectivity index (χ2v) is 8.64. The second-order valence-electron chi connectivity index (χ2n) is 6.55. The molecule has 2 N–H and O–H groups in total. The maximum Gasteiger partial charge on any atom is 0.261 e. The van der Waals surface area contributed by atoms with Gasteiger partial charge in [0.1, 0.15) is 0 Å². The molecule has 2 rings (SSSR count). The summed E-state index contributed by atoms with van der Waals surface area (Å²) in [6, 6.07) is 11.0. The molecule has 0 saturated carbocycles. The lowest BCUT2D eigenvalue weighted by Gasteiger charge is -2.12. The Morgan fingerprint density at radius 3 is 2.35 bits per heavy atom. The van der Waals surface area contributed by atoms with Gasteiger partial charge in [0.15, 0.2) is 0 Å². The molecule has 0 fully saturated rings. The topological polar surface area (TPSA) is 75.3 Å². The first-order chi connectivity index (χ1) is 12.2. The van der Waals surface area contributed by atoms with Crippen LogP contribution in [0, 0.1) is 12.8 Å². The van der Waals surface area contributed by atoms with Gasteiger partial charge in [0.25, 0.3) is 15.9 Å². The fourth-order valence-corrected chi connectivity index (χ4v) is 3.60. The summed E-state index contributed by atoms with van der Waals surface area (Å²) in [4.78, 5) is 12.3. The Kier molecular flexibility index (Phi) is 6.67. The molecule has 0 saturated heterocycles. The number of anilines is 1. The van der Waals surface area contributed by atoms with Crippen molar-refractivity contribution in [3.8, 4) is 0 Å². The highest BCUT2D eigenvalue weighted by molar-refractivity contribution is 7.92. The predicted molar refractivity (Wildman–Crippen MR) is 105 cm³/mol. The van der Waals surface area contributed by atoms with Crippen molar-refractivity contribution >= 4 is 33.2 Å². The van der Waals surface area contributed by atoms with Gasteiger partial charge in [-0.2, -0.15) is 0 Å². The lowest BCUT2D eigenvalue weighted by atomic mass is 10.1. The summed E-state index contributed by atoms with van der Waals surface area (Å²) < 4.78 is 27.3. The van der Waals surface area contributed by atoms with Gasteiger partial charge in [-0.05, 0) is 49.6 Å². The Balaban J connectivity index is 2.12. The Labute approximate surface area is 159 Å². The number of benzene rings is 2. The van der Waals surface area contributed by atoms with E-state index in [1.165, 1.54) is 24.3 Å². The van der Waals surface area contributed by atoms with Crippen molar-refractivity contribution in [2.75, 3.05) is 11.3 Å². The van der Waals surface area contributed by atoms with E-state index in [9.17, 15) is 13.2 Å². The minimum Gasteiger partial charge on any atom is -0.352 e. The van der Waals surface area contributed by atoms with Gasteiger partial charge in [0.2, 0.25) is 0 Å². The highest BCUT2D eigenvalue weighted by Gasteiger charge is 2.16. The smallest absolute Gasteiger partial charge is 0.261 e. The van der Waals surface area contributed by atoms with Gasteiger partial charge < -0.3 is 5.32 Å². The number of aryl methyl sites for hydroxylation is 1. The zero-order valence-corrected chi connectivity index (χ0v) is 16.6. The van der Waals surface area contributed by atoms with Crippen LogP contribution in [0.15, 0.2) is 47.4 Å². The molecule has 26 heavy (non-hydrogen) atoms. The van der Waals surface area contributed by atoms with Crippen LogP contribution < -0.4 is 10.0 Å². The van der Waals surface area contributed by atoms with Crippen LogP contribution in [0.3, 0.4) is 0 Å². The average Bonchev–Trinajstić information content (AvgIpc) is 2.56. The number of sulfonamides is 1. The maximum atomic E-state index is 12.4. The average molecular weight is 395 g/mol. The Hall–Kier alpha value is -2.05. The standard InChI is InChI=1S/C19H23ClN2O3S/c1-13(2)10-11-21-19(23)15-6-9-18(17(20)12-15)22-26(24,25)16-7-4-14(3)5-8-16/h4-9,12-13,22H,10-11H2,1-3H3,(H,21,23). The van der Waals surface area contributed by atoms with E-state index >= 15 is 0 Å². The van der Waals surface area contributed by atoms with Crippen LogP contribution in [0.2, 0.25) is 5.02 Å². The highest BCUT2D eigenvalue weighted by Crippen LogP contribution is 2.26. The number of halogens is 1. The first-order valence-electron chi connectivity index (χ1n) is 8.36. The van der Waals surface area contributed by atoms with Crippen LogP contribution in [0.5, 0.6) is 0 Å². The summed E-state index contributed by atoms with van der Waals surface area (Å²) in [7, 11) is -3.74. The van der Waals surface area contributed by atoms with Crippen LogP contribution in [0.25, 0.3) is 0 Å². The van der Waals surface area contributed by atoms with Crippen molar-refractivity contribution in [2.24, 2.45) is 5.92 Å². The van der Waals surface area contributed by atoms with E-state index < -0.39 is 10.0 Å². The molecular formula is C19H23ClN2O3S. The Bertz CT molecular complexity index is 878. The molecule has 5 nitrogen and oxygen atoms in total. The Morgan fingerprint density at radius 2 is 1.77 bits per heavy atom. The zero-order chi connectivity index (χ0) is 19.3. The molecule has 0 bridgehead atoms. The number of carbonyl (C=O) groups is 1. The molecule has 0 radical (unpaired) electrons. The largest absolute Gasteiger partial charge is 0.352 e. The first kappa shape index (κ1) is 20.3. The van der Waals surface area contributed by atoms with Gasteiger partial charge in [-0.1, -0.05) is 43.1 Å². The van der Waals surface area contributed by atoms with Gasteiger partial charge in [-0.3, -0.25) is 9.52 Å². The fourth-order valence-electron chi connectivity index (χ4n) is 2.24. The molecule has 0 atom stereocenters. The molecule has 2 aromatic carbocycles. The Morgan fingerprint density at radius 1 is 1.12 bits per heavy atom. The second kappa shape index (κ2) is 8.56. The summed E-state index contributed by atoms with van der Waals surface area (Å²) in [5.41, 5.74) is 1.58. The number of hydrogen-bond donors (Lipinski definition) is 2. The molecule has 140 valence electrons. The molecular weight excluding hydrogens is 372 g/mol.